The van der Waals surface area contributed by atoms with Crippen molar-refractivity contribution in [2.24, 2.45) is 11.7 Å². The van der Waals surface area contributed by atoms with E-state index in [1.165, 1.54) is 7.11 Å². The van der Waals surface area contributed by atoms with Crippen LogP contribution < -0.4 is 5.73 Å². The predicted octanol–water partition coefficient (Wildman–Crippen LogP) is -0.791. The van der Waals surface area contributed by atoms with Crippen molar-refractivity contribution in [3.05, 3.63) is 17.5 Å². The van der Waals surface area contributed by atoms with Crippen LogP contribution in [0.4, 0.5) is 0 Å². The molecule has 1 aromatic rings. The highest BCUT2D eigenvalue weighted by molar-refractivity contribution is 5.87. The maximum absolute atomic E-state index is 12.9. The highest BCUT2D eigenvalue weighted by Gasteiger charge is 2.32. The van der Waals surface area contributed by atoms with E-state index >= 15 is 0 Å². The van der Waals surface area contributed by atoms with E-state index in [9.17, 15) is 14.4 Å². The van der Waals surface area contributed by atoms with E-state index < -0.39 is 5.97 Å². The molecule has 1 aromatic heterocycles. The lowest BCUT2D eigenvalue weighted by Gasteiger charge is -2.35. The molecule has 1 saturated heterocycles. The molecule has 0 aliphatic carbocycles. The van der Waals surface area contributed by atoms with Gasteiger partial charge in [0.25, 0.3) is 0 Å². The lowest BCUT2D eigenvalue weighted by molar-refractivity contribution is -0.139. The van der Waals surface area contributed by atoms with Crippen molar-refractivity contribution >= 4 is 17.8 Å². The summed E-state index contributed by atoms with van der Waals surface area (Å²) in [6.07, 6.45) is 1.69. The van der Waals surface area contributed by atoms with Crippen molar-refractivity contribution in [3.8, 4) is 0 Å². The Labute approximate surface area is 145 Å². The molecule has 25 heavy (non-hydrogen) atoms. The number of primary amides is 1. The molecule has 0 spiro atoms. The number of ether oxygens (including phenoxy) is 1. The number of amides is 2. The van der Waals surface area contributed by atoms with E-state index in [-0.39, 0.29) is 30.0 Å². The van der Waals surface area contributed by atoms with E-state index in [0.717, 1.165) is 25.1 Å². The third-order valence-electron chi connectivity index (χ3n) is 4.74. The first-order chi connectivity index (χ1) is 12.0. The summed E-state index contributed by atoms with van der Waals surface area (Å²) in [7, 11) is 1.32. The molecule has 2 aliphatic rings. The fourth-order valence-electron chi connectivity index (χ4n) is 3.54. The first-order valence-electron chi connectivity index (χ1n) is 8.42. The average molecular weight is 349 g/mol. The van der Waals surface area contributed by atoms with E-state index in [1.54, 1.807) is 15.6 Å². The SMILES string of the molecule is COC(=O)c1cc2n(n1)CCN(C(=O)C1CCCN(CC(N)=O)C1)C2. The molecule has 1 atom stereocenters. The van der Waals surface area contributed by atoms with Crippen LogP contribution >= 0.6 is 0 Å². The second-order valence-electron chi connectivity index (χ2n) is 6.54. The molecule has 3 rings (SSSR count). The van der Waals surface area contributed by atoms with Gasteiger partial charge in [0.2, 0.25) is 11.8 Å². The van der Waals surface area contributed by atoms with Gasteiger partial charge in [-0.1, -0.05) is 0 Å². The standard InChI is InChI=1S/C16H23N5O4/c1-25-16(24)13-7-12-9-20(5-6-21(12)18-13)15(23)11-3-2-4-19(8-11)10-14(17)22/h7,11H,2-6,8-10H2,1H3,(H2,17,22). The Kier molecular flexibility index (Phi) is 5.03. The van der Waals surface area contributed by atoms with Gasteiger partial charge in [-0.2, -0.15) is 5.10 Å². The number of methoxy groups -OCH3 is 1. The molecule has 2 N–H and O–H groups in total. The third-order valence-corrected chi connectivity index (χ3v) is 4.74. The first-order valence-corrected chi connectivity index (χ1v) is 8.42. The van der Waals surface area contributed by atoms with E-state index in [1.807, 2.05) is 4.90 Å². The normalized spacial score (nSPS) is 20.8. The van der Waals surface area contributed by atoms with Crippen LogP contribution in [0.3, 0.4) is 0 Å². The monoisotopic (exact) mass is 349 g/mol. The number of likely N-dealkylation sites (tertiary alicyclic amines) is 1. The molecule has 1 fully saturated rings. The van der Waals surface area contributed by atoms with Crippen LogP contribution in [0.25, 0.3) is 0 Å². The average Bonchev–Trinajstić information content (AvgIpc) is 3.03. The van der Waals surface area contributed by atoms with Crippen molar-refractivity contribution in [1.82, 2.24) is 19.6 Å². The molecular formula is C16H23N5O4. The maximum Gasteiger partial charge on any atom is 0.358 e. The molecule has 0 radical (unpaired) electrons. The minimum Gasteiger partial charge on any atom is -0.464 e. The van der Waals surface area contributed by atoms with Gasteiger partial charge in [0.15, 0.2) is 5.69 Å². The van der Waals surface area contributed by atoms with Crippen LogP contribution in [0.5, 0.6) is 0 Å². The summed E-state index contributed by atoms with van der Waals surface area (Å²) in [6, 6.07) is 1.67. The van der Waals surface area contributed by atoms with Crippen LogP contribution in [0.2, 0.25) is 0 Å². The lowest BCUT2D eigenvalue weighted by atomic mass is 9.96. The zero-order chi connectivity index (χ0) is 18.0. The molecule has 9 heteroatoms. The Morgan fingerprint density at radius 3 is 2.84 bits per heavy atom. The van der Waals surface area contributed by atoms with Crippen molar-refractivity contribution in [3.63, 3.8) is 0 Å². The smallest absolute Gasteiger partial charge is 0.358 e. The number of esters is 1. The Bertz CT molecular complexity index is 686. The van der Waals surface area contributed by atoms with Crippen molar-refractivity contribution in [2.75, 3.05) is 33.3 Å². The minimum absolute atomic E-state index is 0.0845. The van der Waals surface area contributed by atoms with Gasteiger partial charge >= 0.3 is 5.97 Å². The maximum atomic E-state index is 12.9. The molecule has 0 saturated carbocycles. The number of hydrogen-bond acceptors (Lipinski definition) is 6. The first kappa shape index (κ1) is 17.4. The van der Waals surface area contributed by atoms with Gasteiger partial charge in [-0.05, 0) is 25.5 Å². The van der Waals surface area contributed by atoms with Gasteiger partial charge in [-0.3, -0.25) is 19.2 Å². The molecule has 1 unspecified atom stereocenters. The van der Waals surface area contributed by atoms with Crippen LogP contribution in [0.1, 0.15) is 29.0 Å². The molecule has 2 aliphatic heterocycles. The van der Waals surface area contributed by atoms with Crippen LogP contribution in [-0.4, -0.2) is 70.7 Å². The quantitative estimate of drug-likeness (QED) is 0.713. The number of carbonyl (C=O) groups is 3. The van der Waals surface area contributed by atoms with Gasteiger partial charge < -0.3 is 15.4 Å². The fourth-order valence-corrected chi connectivity index (χ4v) is 3.54. The highest BCUT2D eigenvalue weighted by atomic mass is 16.5. The molecule has 0 bridgehead atoms. The van der Waals surface area contributed by atoms with Gasteiger partial charge in [0.05, 0.1) is 38.4 Å². The molecule has 2 amide bonds. The molecule has 136 valence electrons. The summed E-state index contributed by atoms with van der Waals surface area (Å²) in [5, 5.41) is 4.22. The number of rotatable bonds is 4. The zero-order valence-electron chi connectivity index (χ0n) is 14.3. The summed E-state index contributed by atoms with van der Waals surface area (Å²) < 4.78 is 6.43. The number of piperidine rings is 1. The Morgan fingerprint density at radius 1 is 1.32 bits per heavy atom. The van der Waals surface area contributed by atoms with E-state index in [4.69, 9.17) is 5.73 Å². The topological polar surface area (TPSA) is 111 Å². The van der Waals surface area contributed by atoms with Gasteiger partial charge in [0, 0.05) is 13.1 Å². The second kappa shape index (κ2) is 7.22. The second-order valence-corrected chi connectivity index (χ2v) is 6.54. The summed E-state index contributed by atoms with van der Waals surface area (Å²) in [4.78, 5) is 39.3. The fraction of sp³-hybridized carbons (Fsp3) is 0.625. The lowest BCUT2D eigenvalue weighted by Crippen LogP contribution is -2.48. The van der Waals surface area contributed by atoms with E-state index in [0.29, 0.717) is 26.2 Å². The van der Waals surface area contributed by atoms with Crippen LogP contribution in [-0.2, 0) is 27.4 Å². The summed E-state index contributed by atoms with van der Waals surface area (Å²) >= 11 is 0. The van der Waals surface area contributed by atoms with Crippen molar-refractivity contribution in [1.29, 1.82) is 0 Å². The van der Waals surface area contributed by atoms with E-state index in [2.05, 4.69) is 9.84 Å². The minimum atomic E-state index is -0.478. The summed E-state index contributed by atoms with van der Waals surface area (Å²) in [5.74, 6) is -0.886. The summed E-state index contributed by atoms with van der Waals surface area (Å²) in [6.45, 7) is 3.08. The number of aromatic nitrogens is 2. The molecule has 3 heterocycles. The van der Waals surface area contributed by atoms with Crippen molar-refractivity contribution in [2.45, 2.75) is 25.9 Å². The number of carbonyl (C=O) groups excluding carboxylic acids is 3. The molecule has 0 aromatic carbocycles. The van der Waals surface area contributed by atoms with Crippen molar-refractivity contribution < 1.29 is 19.1 Å². The number of hydrogen-bond donors (Lipinski definition) is 1. The Morgan fingerprint density at radius 2 is 2.12 bits per heavy atom. The molecule has 9 nitrogen and oxygen atoms in total. The molecular weight excluding hydrogens is 326 g/mol. The predicted molar refractivity (Wildman–Crippen MR) is 87.3 cm³/mol. The summed E-state index contributed by atoms with van der Waals surface area (Å²) in [5.41, 5.74) is 6.34. The van der Waals surface area contributed by atoms with Crippen LogP contribution in [0, 0.1) is 5.92 Å². The third kappa shape index (κ3) is 3.81. The van der Waals surface area contributed by atoms with Gasteiger partial charge in [0.1, 0.15) is 0 Å². The Hall–Kier alpha value is -2.42. The van der Waals surface area contributed by atoms with Gasteiger partial charge in [-0.25, -0.2) is 4.79 Å². The number of nitrogens with zero attached hydrogens (tertiary/aromatic N) is 4. The Balaban J connectivity index is 1.64. The number of fused-ring (bicyclic) bond motifs is 1. The highest BCUT2D eigenvalue weighted by Crippen LogP contribution is 2.22. The van der Waals surface area contributed by atoms with Crippen LogP contribution in [0.15, 0.2) is 6.07 Å². The zero-order valence-corrected chi connectivity index (χ0v) is 14.3. The largest absolute Gasteiger partial charge is 0.464 e. The number of nitrogens with two attached hydrogens (primary N) is 1. The van der Waals surface area contributed by atoms with Gasteiger partial charge in [-0.15, -0.1) is 0 Å².